The second-order valence-electron chi connectivity index (χ2n) is 4.22. The minimum Gasteiger partial charge on any atom is -0.258 e. The van der Waals surface area contributed by atoms with Crippen molar-refractivity contribution in [3.05, 3.63) is 39.9 Å². The van der Waals surface area contributed by atoms with Gasteiger partial charge in [0.15, 0.2) is 0 Å². The molecule has 1 saturated heterocycles. The van der Waals surface area contributed by atoms with E-state index < -0.39 is 4.92 Å². The molecule has 0 spiro atoms. The van der Waals surface area contributed by atoms with Gasteiger partial charge in [-0.1, -0.05) is 18.6 Å². The molecule has 1 aromatic rings. The summed E-state index contributed by atoms with van der Waals surface area (Å²) in [5, 5.41) is 16.9. The van der Waals surface area contributed by atoms with Crippen LogP contribution in [0.1, 0.15) is 24.8 Å². The van der Waals surface area contributed by atoms with Crippen molar-refractivity contribution >= 4 is 11.9 Å². The number of piperidine rings is 1. The maximum atomic E-state index is 10.8. The largest absolute Gasteiger partial charge is 0.278 e. The molecule has 1 aromatic carbocycles. The summed E-state index contributed by atoms with van der Waals surface area (Å²) in [6, 6.07) is 6.56. The zero-order valence-electron chi connectivity index (χ0n) is 10.1. The van der Waals surface area contributed by atoms with E-state index in [0.29, 0.717) is 5.56 Å². The van der Waals surface area contributed by atoms with Gasteiger partial charge in [0.05, 0.1) is 16.7 Å². The van der Waals surface area contributed by atoms with E-state index in [1.165, 1.54) is 18.7 Å². The van der Waals surface area contributed by atoms with Crippen LogP contribution in [0.5, 0.6) is 0 Å². The van der Waals surface area contributed by atoms with E-state index in [1.807, 2.05) is 5.01 Å². The van der Waals surface area contributed by atoms with Gasteiger partial charge in [-0.3, -0.25) is 10.1 Å². The SMILES string of the molecule is O=[N+]([O-])c1ccccc1C=NNN1CCCCC1. The number of hydrogen-bond donors (Lipinski definition) is 1. The van der Waals surface area contributed by atoms with Crippen LogP contribution in [0.3, 0.4) is 0 Å². The van der Waals surface area contributed by atoms with Gasteiger partial charge in [0.2, 0.25) is 0 Å². The van der Waals surface area contributed by atoms with Crippen molar-refractivity contribution in [3.63, 3.8) is 0 Å². The molecule has 6 heteroatoms. The summed E-state index contributed by atoms with van der Waals surface area (Å²) in [6.45, 7) is 1.93. The molecule has 0 saturated carbocycles. The molecule has 2 rings (SSSR count). The predicted molar refractivity (Wildman–Crippen MR) is 69.3 cm³/mol. The average molecular weight is 248 g/mol. The lowest BCUT2D eigenvalue weighted by Gasteiger charge is -2.24. The molecule has 1 fully saturated rings. The number of nitrogens with zero attached hydrogens (tertiary/aromatic N) is 3. The standard InChI is InChI=1S/C12H16N4O2/c17-16(18)12-7-3-2-6-11(12)10-13-14-15-8-4-1-5-9-15/h2-3,6-7,10,14H,1,4-5,8-9H2. The molecule has 0 atom stereocenters. The smallest absolute Gasteiger partial charge is 0.258 e. The number of rotatable bonds is 4. The Kier molecular flexibility index (Phi) is 4.25. The van der Waals surface area contributed by atoms with E-state index in [1.54, 1.807) is 18.2 Å². The Labute approximate surface area is 105 Å². The molecule has 0 bridgehead atoms. The van der Waals surface area contributed by atoms with Gasteiger partial charge in [-0.15, -0.1) is 0 Å². The van der Waals surface area contributed by atoms with E-state index >= 15 is 0 Å². The fourth-order valence-corrected chi connectivity index (χ4v) is 1.94. The van der Waals surface area contributed by atoms with Crippen molar-refractivity contribution in [3.8, 4) is 0 Å². The minimum absolute atomic E-state index is 0.0710. The molecule has 1 heterocycles. The Balaban J connectivity index is 1.97. The van der Waals surface area contributed by atoms with Crippen LogP contribution in [0.25, 0.3) is 0 Å². The molecule has 1 aliphatic rings. The highest BCUT2D eigenvalue weighted by molar-refractivity contribution is 5.84. The Hall–Kier alpha value is -1.95. The Morgan fingerprint density at radius 1 is 1.28 bits per heavy atom. The van der Waals surface area contributed by atoms with Crippen molar-refractivity contribution < 1.29 is 4.92 Å². The fraction of sp³-hybridized carbons (Fsp3) is 0.417. The molecule has 0 radical (unpaired) electrons. The molecule has 1 N–H and O–H groups in total. The lowest BCUT2D eigenvalue weighted by Crippen LogP contribution is -2.38. The van der Waals surface area contributed by atoms with Gasteiger partial charge < -0.3 is 0 Å². The second-order valence-corrected chi connectivity index (χ2v) is 4.22. The molecular weight excluding hydrogens is 232 g/mol. The molecule has 18 heavy (non-hydrogen) atoms. The van der Waals surface area contributed by atoms with Crippen LogP contribution in [0, 0.1) is 10.1 Å². The van der Waals surface area contributed by atoms with Crippen LogP contribution < -0.4 is 5.53 Å². The van der Waals surface area contributed by atoms with Crippen LogP contribution in [-0.2, 0) is 0 Å². The summed E-state index contributed by atoms with van der Waals surface area (Å²) in [6.07, 6.45) is 5.07. The molecule has 6 nitrogen and oxygen atoms in total. The maximum Gasteiger partial charge on any atom is 0.278 e. The first-order chi connectivity index (χ1) is 8.77. The van der Waals surface area contributed by atoms with Crippen LogP contribution in [0.2, 0.25) is 0 Å². The van der Waals surface area contributed by atoms with Gasteiger partial charge in [-0.25, -0.2) is 10.5 Å². The summed E-state index contributed by atoms with van der Waals surface area (Å²) in [5.41, 5.74) is 3.49. The van der Waals surface area contributed by atoms with Crippen LogP contribution >= 0.6 is 0 Å². The highest BCUT2D eigenvalue weighted by Gasteiger charge is 2.11. The Morgan fingerprint density at radius 3 is 2.72 bits per heavy atom. The van der Waals surface area contributed by atoms with Crippen molar-refractivity contribution in [1.82, 2.24) is 10.5 Å². The first-order valence-electron chi connectivity index (χ1n) is 6.04. The predicted octanol–water partition coefficient (Wildman–Crippen LogP) is 1.92. The van der Waals surface area contributed by atoms with E-state index in [0.717, 1.165) is 25.9 Å². The number of nitro benzene ring substituents is 1. The second kappa shape index (κ2) is 6.11. The van der Waals surface area contributed by atoms with Crippen molar-refractivity contribution in [2.24, 2.45) is 5.10 Å². The highest BCUT2D eigenvalue weighted by Crippen LogP contribution is 2.15. The molecule has 96 valence electrons. The Morgan fingerprint density at radius 2 is 2.00 bits per heavy atom. The fourth-order valence-electron chi connectivity index (χ4n) is 1.94. The van der Waals surface area contributed by atoms with Gasteiger partial charge in [-0.05, 0) is 18.9 Å². The number of benzene rings is 1. The topological polar surface area (TPSA) is 70.8 Å². The lowest BCUT2D eigenvalue weighted by atomic mass is 10.2. The molecule has 0 unspecified atom stereocenters. The molecular formula is C12H16N4O2. The van der Waals surface area contributed by atoms with E-state index in [9.17, 15) is 10.1 Å². The third kappa shape index (κ3) is 3.27. The van der Waals surface area contributed by atoms with Gasteiger partial charge in [0.25, 0.3) is 5.69 Å². The van der Waals surface area contributed by atoms with Crippen LogP contribution in [-0.4, -0.2) is 29.2 Å². The van der Waals surface area contributed by atoms with Gasteiger partial charge in [0, 0.05) is 19.2 Å². The number of nitro groups is 1. The van der Waals surface area contributed by atoms with Crippen LogP contribution in [0.15, 0.2) is 29.4 Å². The number of hydrazone groups is 1. The zero-order chi connectivity index (χ0) is 12.8. The quantitative estimate of drug-likeness (QED) is 0.502. The summed E-state index contributed by atoms with van der Waals surface area (Å²) in [5.74, 6) is 0. The number of nitrogens with one attached hydrogen (secondary N) is 1. The molecule has 0 aromatic heterocycles. The summed E-state index contributed by atoms with van der Waals surface area (Å²) < 4.78 is 0. The third-order valence-electron chi connectivity index (χ3n) is 2.89. The molecule has 0 amide bonds. The van der Waals surface area contributed by atoms with Gasteiger partial charge in [0.1, 0.15) is 0 Å². The minimum atomic E-state index is -0.401. The van der Waals surface area contributed by atoms with E-state index in [-0.39, 0.29) is 5.69 Å². The van der Waals surface area contributed by atoms with Crippen molar-refractivity contribution in [2.45, 2.75) is 19.3 Å². The van der Waals surface area contributed by atoms with Gasteiger partial charge in [-0.2, -0.15) is 5.10 Å². The van der Waals surface area contributed by atoms with Crippen molar-refractivity contribution in [1.29, 1.82) is 0 Å². The first-order valence-corrected chi connectivity index (χ1v) is 6.04. The average Bonchev–Trinajstić information content (AvgIpc) is 2.40. The molecule has 0 aliphatic carbocycles. The summed E-state index contributed by atoms with van der Waals surface area (Å²) in [7, 11) is 0. The van der Waals surface area contributed by atoms with Crippen molar-refractivity contribution in [2.75, 3.05) is 13.1 Å². The normalized spacial score (nSPS) is 16.9. The van der Waals surface area contributed by atoms with Gasteiger partial charge >= 0.3 is 0 Å². The number of hydrazine groups is 1. The van der Waals surface area contributed by atoms with E-state index in [2.05, 4.69) is 10.6 Å². The monoisotopic (exact) mass is 248 g/mol. The number of hydrogen-bond acceptors (Lipinski definition) is 5. The lowest BCUT2D eigenvalue weighted by molar-refractivity contribution is -0.385. The first kappa shape index (κ1) is 12.5. The third-order valence-corrected chi connectivity index (χ3v) is 2.89. The highest BCUT2D eigenvalue weighted by atomic mass is 16.6. The molecule has 1 aliphatic heterocycles. The summed E-state index contributed by atoms with van der Waals surface area (Å²) >= 11 is 0. The van der Waals surface area contributed by atoms with E-state index in [4.69, 9.17) is 0 Å². The maximum absolute atomic E-state index is 10.8. The Bertz CT molecular complexity index is 441. The number of para-hydroxylation sites is 1. The van der Waals surface area contributed by atoms with Crippen LogP contribution in [0.4, 0.5) is 5.69 Å². The zero-order valence-corrected chi connectivity index (χ0v) is 10.1. The summed E-state index contributed by atoms with van der Waals surface area (Å²) in [4.78, 5) is 10.4.